The molecular weight excluding hydrogens is 124 g/mol. The molecule has 0 bridgehead atoms. The lowest BCUT2D eigenvalue weighted by atomic mass is 10.6. The average Bonchev–Trinajstić information content (AvgIpc) is 1.90. The second kappa shape index (κ2) is 2.42. The minimum absolute atomic E-state index is 0.416. The molecule has 0 unspecified atom stereocenters. The van der Waals surface area contributed by atoms with Crippen LogP contribution in [0.15, 0.2) is 23.4 Å². The van der Waals surface area contributed by atoms with E-state index in [1.165, 1.54) is 12.4 Å². The Morgan fingerprint density at radius 2 is 2.38 bits per heavy atom. The molecule has 0 atom stereocenters. The predicted octanol–water partition coefficient (Wildman–Crippen LogP) is 0.264. The highest BCUT2D eigenvalue weighted by atomic mass is 32.1. The Morgan fingerprint density at radius 1 is 1.50 bits per heavy atom. The van der Waals surface area contributed by atoms with E-state index in [9.17, 15) is 4.21 Å². The van der Waals surface area contributed by atoms with Crippen molar-refractivity contribution in [2.24, 2.45) is 0 Å². The van der Waals surface area contributed by atoms with Crippen LogP contribution >= 0.6 is 0 Å². The van der Waals surface area contributed by atoms with Crippen molar-refractivity contribution in [1.82, 2.24) is 10.2 Å². The fourth-order valence-corrected chi connectivity index (χ4v) is 0.534. The van der Waals surface area contributed by atoms with Gasteiger partial charge >= 0.3 is 16.6 Å². The zero-order chi connectivity index (χ0) is 5.82. The van der Waals surface area contributed by atoms with Crippen LogP contribution in [0.3, 0.4) is 0 Å². The quantitative estimate of drug-likeness (QED) is 0.508. The minimum atomic E-state index is 0.416. The third-order valence-electron chi connectivity index (χ3n) is 0.653. The van der Waals surface area contributed by atoms with Crippen LogP contribution in [0.2, 0.25) is 0 Å². The molecular formula is C4H3N2OS+. The van der Waals surface area contributed by atoms with E-state index in [0.29, 0.717) is 16.6 Å². The van der Waals surface area contributed by atoms with Gasteiger partial charge in [-0.3, -0.25) is 0 Å². The highest BCUT2D eigenvalue weighted by molar-refractivity contribution is 7.65. The van der Waals surface area contributed by atoms with E-state index >= 15 is 0 Å². The first kappa shape index (κ1) is 5.24. The molecule has 0 spiro atoms. The van der Waals surface area contributed by atoms with Gasteiger partial charge in [0.15, 0.2) is 0 Å². The summed E-state index contributed by atoms with van der Waals surface area (Å²) in [5, 5.41) is 6.98. The number of hydrogen-bond donors (Lipinski definition) is 0. The van der Waals surface area contributed by atoms with Gasteiger partial charge < -0.3 is 0 Å². The lowest BCUT2D eigenvalue weighted by Gasteiger charge is -1.69. The van der Waals surface area contributed by atoms with Crippen molar-refractivity contribution in [3.63, 3.8) is 0 Å². The van der Waals surface area contributed by atoms with E-state index in [0.717, 1.165) is 0 Å². The van der Waals surface area contributed by atoms with Crippen LogP contribution < -0.4 is 0 Å². The monoisotopic (exact) mass is 127 g/mol. The standard InChI is InChI=1S/C4H3N2OS/c7-8-4-1-2-5-6-3-4/h1-3H/q+1. The van der Waals surface area contributed by atoms with Gasteiger partial charge in [-0.15, -0.1) is 0 Å². The Kier molecular flexibility index (Phi) is 1.58. The molecule has 40 valence electrons. The molecule has 0 saturated carbocycles. The van der Waals surface area contributed by atoms with Crippen LogP contribution in [0.4, 0.5) is 0 Å². The molecule has 0 amide bonds. The molecule has 4 heteroatoms. The molecule has 1 aromatic heterocycles. The van der Waals surface area contributed by atoms with E-state index in [-0.39, 0.29) is 0 Å². The van der Waals surface area contributed by atoms with Crippen molar-refractivity contribution in [2.45, 2.75) is 4.90 Å². The molecule has 8 heavy (non-hydrogen) atoms. The molecule has 0 aromatic carbocycles. The zero-order valence-corrected chi connectivity index (χ0v) is 4.76. The Bertz CT molecular complexity index is 177. The van der Waals surface area contributed by atoms with E-state index in [1.807, 2.05) is 0 Å². The summed E-state index contributed by atoms with van der Waals surface area (Å²) in [6, 6.07) is 1.62. The van der Waals surface area contributed by atoms with Gasteiger partial charge in [0.1, 0.15) is 6.20 Å². The maximum atomic E-state index is 9.98. The first-order chi connectivity index (χ1) is 3.93. The minimum Gasteiger partial charge on any atom is -0.159 e. The van der Waals surface area contributed by atoms with Crippen LogP contribution in [-0.2, 0) is 15.9 Å². The summed E-state index contributed by atoms with van der Waals surface area (Å²) < 4.78 is 9.98. The predicted molar refractivity (Wildman–Crippen MR) is 28.3 cm³/mol. The molecule has 0 saturated heterocycles. The third-order valence-corrected chi connectivity index (χ3v) is 1.09. The Labute approximate surface area is 50.2 Å². The van der Waals surface area contributed by atoms with Gasteiger partial charge in [-0.05, 0) is 0 Å². The molecule has 1 rings (SSSR count). The summed E-state index contributed by atoms with van der Waals surface area (Å²) in [6.07, 6.45) is 2.91. The van der Waals surface area contributed by atoms with E-state index in [1.54, 1.807) is 6.07 Å². The molecule has 0 aliphatic heterocycles. The Balaban J connectivity index is 2.99. The highest BCUT2D eigenvalue weighted by Crippen LogP contribution is 1.89. The normalized spacial score (nSPS) is 8.50. The summed E-state index contributed by atoms with van der Waals surface area (Å²) >= 11 is 0.416. The summed E-state index contributed by atoms with van der Waals surface area (Å²) in [6.45, 7) is 0. The van der Waals surface area contributed by atoms with E-state index in [4.69, 9.17) is 0 Å². The summed E-state index contributed by atoms with van der Waals surface area (Å²) in [4.78, 5) is 0.597. The average molecular weight is 127 g/mol. The largest absolute Gasteiger partial charge is 0.506 e. The van der Waals surface area contributed by atoms with Crippen LogP contribution in [0.5, 0.6) is 0 Å². The van der Waals surface area contributed by atoms with Crippen LogP contribution in [0, 0.1) is 0 Å². The topological polar surface area (TPSA) is 42.9 Å². The van der Waals surface area contributed by atoms with Crippen molar-refractivity contribution in [2.75, 3.05) is 0 Å². The summed E-state index contributed by atoms with van der Waals surface area (Å²) in [5.74, 6) is 0. The van der Waals surface area contributed by atoms with Crippen LogP contribution in [0.1, 0.15) is 0 Å². The number of hydrogen-bond acceptors (Lipinski definition) is 3. The summed E-state index contributed by atoms with van der Waals surface area (Å²) in [7, 11) is 0. The van der Waals surface area contributed by atoms with Crippen molar-refractivity contribution in [1.29, 1.82) is 0 Å². The van der Waals surface area contributed by atoms with Gasteiger partial charge in [0.25, 0.3) is 0 Å². The Morgan fingerprint density at radius 3 is 2.75 bits per heavy atom. The van der Waals surface area contributed by atoms with E-state index < -0.39 is 0 Å². The first-order valence-electron chi connectivity index (χ1n) is 2.00. The fraction of sp³-hybridized carbons (Fsp3) is 0. The molecule has 0 N–H and O–H groups in total. The number of rotatable bonds is 1. The van der Waals surface area contributed by atoms with Crippen molar-refractivity contribution >= 4 is 11.7 Å². The third kappa shape index (κ3) is 1.04. The van der Waals surface area contributed by atoms with Gasteiger partial charge in [-0.25, -0.2) is 0 Å². The molecule has 3 nitrogen and oxygen atoms in total. The highest BCUT2D eigenvalue weighted by Gasteiger charge is 2.01. The van der Waals surface area contributed by atoms with Crippen molar-refractivity contribution in [3.8, 4) is 0 Å². The van der Waals surface area contributed by atoms with Gasteiger partial charge in [0, 0.05) is 10.3 Å². The van der Waals surface area contributed by atoms with Crippen molar-refractivity contribution in [3.05, 3.63) is 18.5 Å². The lowest BCUT2D eigenvalue weighted by Crippen LogP contribution is -1.78. The first-order valence-corrected chi connectivity index (χ1v) is 2.74. The second-order valence-electron chi connectivity index (χ2n) is 1.16. The maximum absolute atomic E-state index is 9.98. The molecule has 0 fully saturated rings. The van der Waals surface area contributed by atoms with Crippen LogP contribution in [-0.4, -0.2) is 10.2 Å². The molecule has 1 heterocycles. The molecule has 1 aromatic rings. The lowest BCUT2D eigenvalue weighted by molar-refractivity contribution is 0.604. The smallest absolute Gasteiger partial charge is 0.159 e. The maximum Gasteiger partial charge on any atom is 0.506 e. The molecule has 0 aliphatic rings. The number of aromatic nitrogens is 2. The van der Waals surface area contributed by atoms with Gasteiger partial charge in [0.05, 0.1) is 6.20 Å². The summed E-state index contributed by atoms with van der Waals surface area (Å²) in [5.41, 5.74) is 0. The fourth-order valence-electron chi connectivity index (χ4n) is 0.328. The number of nitrogens with zero attached hydrogens (tertiary/aromatic N) is 2. The van der Waals surface area contributed by atoms with Crippen LogP contribution in [0.25, 0.3) is 0 Å². The Hall–Kier alpha value is -0.900. The van der Waals surface area contributed by atoms with E-state index in [2.05, 4.69) is 10.2 Å². The molecule has 0 aliphatic carbocycles. The second-order valence-corrected chi connectivity index (χ2v) is 1.80. The van der Waals surface area contributed by atoms with Crippen molar-refractivity contribution < 1.29 is 4.21 Å². The van der Waals surface area contributed by atoms with Gasteiger partial charge in [-0.1, -0.05) is 0 Å². The van der Waals surface area contributed by atoms with Gasteiger partial charge in [-0.2, -0.15) is 10.2 Å². The SMILES string of the molecule is O=[S+]c1ccnnc1. The van der Waals surface area contributed by atoms with Gasteiger partial charge in [0.2, 0.25) is 0 Å². The molecule has 0 radical (unpaired) electrons. The zero-order valence-electron chi connectivity index (χ0n) is 3.94.